The molecular formula is C26H24N2O5S. The molecule has 34 heavy (non-hydrogen) atoms. The SMILES string of the molecule is O=C(CSCCNC(=O)OCC1c2ccccc2-c2ccccc21)Nc1cccc(C(=O)O)c1. The van der Waals surface area contributed by atoms with Gasteiger partial charge in [0.2, 0.25) is 5.91 Å². The van der Waals surface area contributed by atoms with Crippen molar-refractivity contribution in [1.82, 2.24) is 5.32 Å². The van der Waals surface area contributed by atoms with Crippen LogP contribution < -0.4 is 10.6 Å². The number of hydrogen-bond donors (Lipinski definition) is 3. The normalized spacial score (nSPS) is 11.9. The lowest BCUT2D eigenvalue weighted by molar-refractivity contribution is -0.113. The van der Waals surface area contributed by atoms with Crippen LogP contribution in [0.25, 0.3) is 11.1 Å². The first-order valence-electron chi connectivity index (χ1n) is 10.8. The summed E-state index contributed by atoms with van der Waals surface area (Å²) in [5, 5.41) is 14.4. The van der Waals surface area contributed by atoms with E-state index in [2.05, 4.69) is 34.9 Å². The highest BCUT2D eigenvalue weighted by Gasteiger charge is 2.28. The molecule has 0 bridgehead atoms. The van der Waals surface area contributed by atoms with Gasteiger partial charge in [0.15, 0.2) is 0 Å². The van der Waals surface area contributed by atoms with E-state index in [1.165, 1.54) is 35.0 Å². The number of carbonyl (C=O) groups is 3. The van der Waals surface area contributed by atoms with Gasteiger partial charge in [0.1, 0.15) is 6.61 Å². The summed E-state index contributed by atoms with van der Waals surface area (Å²) >= 11 is 1.36. The third-order valence-corrected chi connectivity index (χ3v) is 6.44. The molecule has 174 valence electrons. The van der Waals surface area contributed by atoms with Crippen LogP contribution in [-0.2, 0) is 9.53 Å². The van der Waals surface area contributed by atoms with Gasteiger partial charge in [0.05, 0.1) is 11.3 Å². The van der Waals surface area contributed by atoms with Crippen molar-refractivity contribution in [3.63, 3.8) is 0 Å². The first-order valence-corrected chi connectivity index (χ1v) is 12.0. The van der Waals surface area contributed by atoms with Gasteiger partial charge in [0.25, 0.3) is 0 Å². The molecule has 1 aliphatic rings. The summed E-state index contributed by atoms with van der Waals surface area (Å²) in [6.07, 6.45) is -0.489. The molecule has 0 saturated heterocycles. The highest BCUT2D eigenvalue weighted by atomic mass is 32.2. The summed E-state index contributed by atoms with van der Waals surface area (Å²) in [6, 6.07) is 22.4. The minimum atomic E-state index is -1.05. The molecule has 3 aromatic carbocycles. The molecule has 3 N–H and O–H groups in total. The molecule has 0 spiro atoms. The summed E-state index contributed by atoms with van der Waals surface area (Å²) in [7, 11) is 0. The molecule has 4 rings (SSSR count). The van der Waals surface area contributed by atoms with Crippen LogP contribution in [0.15, 0.2) is 72.8 Å². The Hall–Kier alpha value is -3.78. The Labute approximate surface area is 201 Å². The maximum atomic E-state index is 12.2. The van der Waals surface area contributed by atoms with Crippen molar-refractivity contribution in [3.05, 3.63) is 89.5 Å². The second-order valence-electron chi connectivity index (χ2n) is 7.74. The maximum Gasteiger partial charge on any atom is 0.407 e. The van der Waals surface area contributed by atoms with E-state index in [-0.39, 0.29) is 29.7 Å². The number of ether oxygens (including phenoxy) is 1. The fourth-order valence-electron chi connectivity index (χ4n) is 3.97. The molecule has 8 heteroatoms. The number of amides is 2. The lowest BCUT2D eigenvalue weighted by Crippen LogP contribution is -2.28. The van der Waals surface area contributed by atoms with Crippen molar-refractivity contribution in [2.45, 2.75) is 5.92 Å². The van der Waals surface area contributed by atoms with Crippen LogP contribution in [0.1, 0.15) is 27.4 Å². The molecule has 0 radical (unpaired) electrons. The van der Waals surface area contributed by atoms with Gasteiger partial charge in [-0.25, -0.2) is 9.59 Å². The Morgan fingerprint density at radius 2 is 1.59 bits per heavy atom. The monoisotopic (exact) mass is 476 g/mol. The minimum Gasteiger partial charge on any atom is -0.478 e. The number of carboxylic acids is 1. The van der Waals surface area contributed by atoms with Crippen LogP contribution in [0, 0.1) is 0 Å². The zero-order valence-corrected chi connectivity index (χ0v) is 19.1. The minimum absolute atomic E-state index is 0.0100. The predicted molar refractivity (Wildman–Crippen MR) is 132 cm³/mol. The van der Waals surface area contributed by atoms with E-state index in [1.807, 2.05) is 24.3 Å². The molecule has 2 amide bonds. The second-order valence-corrected chi connectivity index (χ2v) is 8.84. The number of thioether (sulfide) groups is 1. The molecule has 0 atom stereocenters. The van der Waals surface area contributed by atoms with Crippen molar-refractivity contribution in [1.29, 1.82) is 0 Å². The van der Waals surface area contributed by atoms with Crippen LogP contribution in [0.5, 0.6) is 0 Å². The zero-order valence-electron chi connectivity index (χ0n) is 18.3. The topological polar surface area (TPSA) is 105 Å². The van der Waals surface area contributed by atoms with Crippen LogP contribution in [0.2, 0.25) is 0 Å². The Kier molecular flexibility index (Phi) is 7.49. The summed E-state index contributed by atoms with van der Waals surface area (Å²) in [4.78, 5) is 35.2. The van der Waals surface area contributed by atoms with E-state index in [0.717, 1.165) is 11.1 Å². The maximum absolute atomic E-state index is 12.2. The number of anilines is 1. The van der Waals surface area contributed by atoms with E-state index >= 15 is 0 Å². The van der Waals surface area contributed by atoms with Gasteiger partial charge in [-0.15, -0.1) is 0 Å². The van der Waals surface area contributed by atoms with Crippen LogP contribution >= 0.6 is 11.8 Å². The largest absolute Gasteiger partial charge is 0.478 e. The molecule has 0 heterocycles. The van der Waals surface area contributed by atoms with Crippen molar-refractivity contribution >= 4 is 35.4 Å². The molecule has 7 nitrogen and oxygen atoms in total. The van der Waals surface area contributed by atoms with Crippen molar-refractivity contribution in [2.24, 2.45) is 0 Å². The quantitative estimate of drug-likeness (QED) is 0.390. The summed E-state index contributed by atoms with van der Waals surface area (Å²) in [5.74, 6) is -0.564. The third kappa shape index (κ3) is 5.58. The van der Waals surface area contributed by atoms with E-state index in [9.17, 15) is 14.4 Å². The Morgan fingerprint density at radius 1 is 0.912 bits per heavy atom. The van der Waals surface area contributed by atoms with Crippen LogP contribution in [0.4, 0.5) is 10.5 Å². The number of rotatable bonds is 9. The summed E-state index contributed by atoms with van der Waals surface area (Å²) in [5.41, 5.74) is 5.21. The number of fused-ring (bicyclic) bond motifs is 3. The zero-order chi connectivity index (χ0) is 23.9. The van der Waals surface area contributed by atoms with E-state index in [0.29, 0.717) is 18.0 Å². The molecule has 0 fully saturated rings. The molecule has 1 aliphatic carbocycles. The van der Waals surface area contributed by atoms with Gasteiger partial charge in [0, 0.05) is 23.9 Å². The van der Waals surface area contributed by atoms with E-state index in [4.69, 9.17) is 9.84 Å². The Bertz CT molecular complexity index is 1170. The summed E-state index contributed by atoms with van der Waals surface area (Å²) in [6.45, 7) is 0.619. The fraction of sp³-hybridized carbons (Fsp3) is 0.192. The highest BCUT2D eigenvalue weighted by Crippen LogP contribution is 2.44. The first kappa shape index (κ1) is 23.4. The number of aromatic carboxylic acids is 1. The van der Waals surface area contributed by atoms with Gasteiger partial charge in [-0.1, -0.05) is 54.6 Å². The number of carbonyl (C=O) groups excluding carboxylic acids is 2. The smallest absolute Gasteiger partial charge is 0.407 e. The average molecular weight is 477 g/mol. The number of hydrogen-bond acceptors (Lipinski definition) is 5. The van der Waals surface area contributed by atoms with Crippen LogP contribution in [-0.4, -0.2) is 47.7 Å². The van der Waals surface area contributed by atoms with E-state index < -0.39 is 12.1 Å². The third-order valence-electron chi connectivity index (χ3n) is 5.49. The van der Waals surface area contributed by atoms with Gasteiger partial charge in [-0.2, -0.15) is 11.8 Å². The van der Waals surface area contributed by atoms with Gasteiger partial charge in [-0.05, 0) is 40.5 Å². The summed E-state index contributed by atoms with van der Waals surface area (Å²) < 4.78 is 5.49. The fourth-order valence-corrected chi connectivity index (χ4v) is 4.61. The van der Waals surface area contributed by atoms with E-state index in [1.54, 1.807) is 12.1 Å². The van der Waals surface area contributed by atoms with Gasteiger partial charge in [-0.3, -0.25) is 4.79 Å². The number of nitrogens with one attached hydrogen (secondary N) is 2. The molecule has 0 unspecified atom stereocenters. The molecule has 0 saturated carbocycles. The predicted octanol–water partition coefficient (Wildman–Crippen LogP) is 4.60. The Morgan fingerprint density at radius 3 is 2.26 bits per heavy atom. The van der Waals surface area contributed by atoms with Gasteiger partial charge < -0.3 is 20.5 Å². The molecule has 3 aromatic rings. The van der Waals surface area contributed by atoms with Gasteiger partial charge >= 0.3 is 12.1 Å². The second kappa shape index (κ2) is 10.9. The number of alkyl carbamates (subject to hydrolysis) is 1. The Balaban J connectivity index is 1.17. The van der Waals surface area contributed by atoms with Crippen molar-refractivity contribution in [2.75, 3.05) is 30.0 Å². The average Bonchev–Trinajstić information content (AvgIpc) is 3.16. The molecular weight excluding hydrogens is 452 g/mol. The first-order chi connectivity index (χ1) is 16.5. The molecule has 0 aromatic heterocycles. The molecule has 0 aliphatic heterocycles. The van der Waals surface area contributed by atoms with Crippen molar-refractivity contribution < 1.29 is 24.2 Å². The highest BCUT2D eigenvalue weighted by molar-refractivity contribution is 7.99. The lowest BCUT2D eigenvalue weighted by atomic mass is 9.98. The number of carboxylic acid groups (broad SMARTS) is 1. The van der Waals surface area contributed by atoms with Crippen molar-refractivity contribution in [3.8, 4) is 11.1 Å². The standard InChI is InChI=1S/C26H24N2O5S/c29-24(28-18-7-5-6-17(14-18)25(30)31)16-34-13-12-27-26(32)33-15-23-21-10-3-1-8-19(21)20-9-2-4-11-22(20)23/h1-11,14,23H,12-13,15-16H2,(H,27,32)(H,28,29)(H,30,31). The van der Waals surface area contributed by atoms with Crippen LogP contribution in [0.3, 0.4) is 0 Å². The lowest BCUT2D eigenvalue weighted by Gasteiger charge is -2.14. The number of benzene rings is 3.